The van der Waals surface area contributed by atoms with Crippen molar-refractivity contribution in [1.29, 1.82) is 0 Å². The summed E-state index contributed by atoms with van der Waals surface area (Å²) in [5.74, 6) is -0.967. The second-order valence-electron chi connectivity index (χ2n) is 5.64. The van der Waals surface area contributed by atoms with Gasteiger partial charge in [-0.3, -0.25) is 9.48 Å². The van der Waals surface area contributed by atoms with Gasteiger partial charge in [0.2, 0.25) is 11.7 Å². The minimum absolute atomic E-state index is 0.0927. The number of methoxy groups -OCH3 is 1. The lowest BCUT2D eigenvalue weighted by Gasteiger charge is -2.00. The number of nitrogens with zero attached hydrogens (tertiary/aromatic N) is 2. The average Bonchev–Trinajstić information content (AvgIpc) is 3.30. The highest BCUT2D eigenvalue weighted by Crippen LogP contribution is 2.20. The molecule has 0 aliphatic carbocycles. The number of hydrogen-bond acceptors (Lipinski definition) is 5. The molecule has 1 amide bonds. The lowest BCUT2D eigenvalue weighted by Crippen LogP contribution is -2.07. The topological polar surface area (TPSA) is 86.4 Å². The van der Waals surface area contributed by atoms with Gasteiger partial charge in [-0.25, -0.2) is 9.18 Å². The van der Waals surface area contributed by atoms with Crippen molar-refractivity contribution in [1.82, 2.24) is 9.78 Å². The second-order valence-corrected chi connectivity index (χ2v) is 6.05. The summed E-state index contributed by atoms with van der Waals surface area (Å²) in [7, 11) is 1.27. The van der Waals surface area contributed by atoms with Gasteiger partial charge in [0.1, 0.15) is 11.6 Å². The summed E-state index contributed by atoms with van der Waals surface area (Å²) in [4.78, 5) is 23.4. The highest BCUT2D eigenvalue weighted by atomic mass is 35.5. The number of nitrogens with one attached hydrogen (secondary N) is 1. The molecule has 0 aliphatic heterocycles. The molecule has 144 valence electrons. The number of amides is 1. The molecule has 0 bridgehead atoms. The van der Waals surface area contributed by atoms with Crippen LogP contribution in [0.2, 0.25) is 5.02 Å². The quantitative estimate of drug-likeness (QED) is 0.500. The van der Waals surface area contributed by atoms with Crippen molar-refractivity contribution in [3.05, 3.63) is 76.7 Å². The van der Waals surface area contributed by atoms with Crippen LogP contribution < -0.4 is 5.32 Å². The van der Waals surface area contributed by atoms with Gasteiger partial charge in [-0.1, -0.05) is 17.7 Å². The zero-order valence-electron chi connectivity index (χ0n) is 14.7. The van der Waals surface area contributed by atoms with Crippen LogP contribution >= 0.6 is 11.6 Å². The lowest BCUT2D eigenvalue weighted by atomic mass is 10.2. The number of carbonyl (C=O) groups excluding carboxylic acids is 2. The molecular weight excluding hydrogens is 389 g/mol. The number of benzene rings is 1. The van der Waals surface area contributed by atoms with Crippen molar-refractivity contribution < 1.29 is 23.1 Å². The summed E-state index contributed by atoms with van der Waals surface area (Å²) >= 11 is 5.91. The Hall–Kier alpha value is -3.39. The third-order valence-corrected chi connectivity index (χ3v) is 4.00. The van der Waals surface area contributed by atoms with Crippen molar-refractivity contribution in [3.8, 4) is 0 Å². The summed E-state index contributed by atoms with van der Waals surface area (Å²) < 4.78 is 25.1. The predicted molar refractivity (Wildman–Crippen MR) is 100 cm³/mol. The molecule has 1 N–H and O–H groups in total. The van der Waals surface area contributed by atoms with Gasteiger partial charge in [0.05, 0.1) is 30.6 Å². The second kappa shape index (κ2) is 8.53. The van der Waals surface area contributed by atoms with E-state index >= 15 is 0 Å². The van der Waals surface area contributed by atoms with Gasteiger partial charge < -0.3 is 14.5 Å². The number of halogens is 2. The van der Waals surface area contributed by atoms with Crippen molar-refractivity contribution >= 4 is 35.2 Å². The molecule has 1 aromatic carbocycles. The van der Waals surface area contributed by atoms with Crippen LogP contribution in [-0.4, -0.2) is 28.8 Å². The summed E-state index contributed by atoms with van der Waals surface area (Å²) in [6, 6.07) is 7.41. The first-order valence-electron chi connectivity index (χ1n) is 8.09. The number of esters is 1. The molecule has 2 aromatic heterocycles. The monoisotopic (exact) mass is 403 g/mol. The summed E-state index contributed by atoms with van der Waals surface area (Å²) in [5, 5.41) is 6.93. The molecule has 3 rings (SSSR count). The van der Waals surface area contributed by atoms with Crippen molar-refractivity contribution in [3.63, 3.8) is 0 Å². The summed E-state index contributed by atoms with van der Waals surface area (Å²) in [5.41, 5.74) is 0.572. The Labute approximate surface area is 164 Å². The fourth-order valence-electron chi connectivity index (χ4n) is 2.36. The SMILES string of the molecule is COC(=O)c1ccc(Cn2cc(NC(=O)C=Cc3c(F)cccc3Cl)cn2)o1. The maximum absolute atomic E-state index is 13.7. The minimum atomic E-state index is -0.568. The minimum Gasteiger partial charge on any atom is -0.463 e. The van der Waals surface area contributed by atoms with E-state index in [-0.39, 0.29) is 22.9 Å². The first kappa shape index (κ1) is 19.4. The molecule has 9 heteroatoms. The number of anilines is 1. The van der Waals surface area contributed by atoms with E-state index in [1.807, 2.05) is 0 Å². The van der Waals surface area contributed by atoms with Gasteiger partial charge in [0.15, 0.2) is 0 Å². The number of ether oxygens (including phenoxy) is 1. The number of furan rings is 1. The fourth-order valence-corrected chi connectivity index (χ4v) is 2.59. The Bertz CT molecular complexity index is 1020. The van der Waals surface area contributed by atoms with Gasteiger partial charge in [-0.05, 0) is 30.3 Å². The molecule has 0 spiro atoms. The van der Waals surface area contributed by atoms with E-state index < -0.39 is 17.7 Å². The normalized spacial score (nSPS) is 11.0. The molecule has 3 aromatic rings. The van der Waals surface area contributed by atoms with E-state index in [2.05, 4.69) is 15.2 Å². The first-order chi connectivity index (χ1) is 13.5. The highest BCUT2D eigenvalue weighted by molar-refractivity contribution is 6.32. The molecular formula is C19H15ClFN3O4. The van der Waals surface area contributed by atoms with E-state index in [0.717, 1.165) is 0 Å². The molecule has 0 saturated carbocycles. The van der Waals surface area contributed by atoms with Gasteiger partial charge in [0, 0.05) is 17.8 Å². The Morgan fingerprint density at radius 1 is 1.36 bits per heavy atom. The maximum atomic E-state index is 13.7. The Morgan fingerprint density at radius 3 is 2.93 bits per heavy atom. The van der Waals surface area contributed by atoms with E-state index in [9.17, 15) is 14.0 Å². The third-order valence-electron chi connectivity index (χ3n) is 3.67. The van der Waals surface area contributed by atoms with Gasteiger partial charge in [-0.2, -0.15) is 5.10 Å². The van der Waals surface area contributed by atoms with Crippen LogP contribution in [0.15, 0.2) is 53.2 Å². The van der Waals surface area contributed by atoms with Crippen LogP contribution in [0.4, 0.5) is 10.1 Å². The predicted octanol–water partition coefficient (Wildman–Crippen LogP) is 3.76. The molecule has 0 radical (unpaired) electrons. The molecule has 28 heavy (non-hydrogen) atoms. The molecule has 0 unspecified atom stereocenters. The Kier molecular flexibility index (Phi) is 5.90. The molecule has 0 saturated heterocycles. The smallest absolute Gasteiger partial charge is 0.373 e. The van der Waals surface area contributed by atoms with Crippen LogP contribution in [0.3, 0.4) is 0 Å². The van der Waals surface area contributed by atoms with Gasteiger partial charge in [-0.15, -0.1) is 0 Å². The third kappa shape index (κ3) is 4.66. The van der Waals surface area contributed by atoms with Crippen molar-refractivity contribution in [2.45, 2.75) is 6.54 Å². The fraction of sp³-hybridized carbons (Fsp3) is 0.105. The van der Waals surface area contributed by atoms with E-state index in [0.29, 0.717) is 11.4 Å². The van der Waals surface area contributed by atoms with Crippen LogP contribution in [0.25, 0.3) is 6.08 Å². The number of aromatic nitrogens is 2. The summed E-state index contributed by atoms with van der Waals surface area (Å²) in [6.07, 6.45) is 5.51. The van der Waals surface area contributed by atoms with Gasteiger partial charge >= 0.3 is 5.97 Å². The molecule has 0 atom stereocenters. The zero-order chi connectivity index (χ0) is 20.1. The Balaban J connectivity index is 1.61. The van der Waals surface area contributed by atoms with Gasteiger partial charge in [0.25, 0.3) is 0 Å². The highest BCUT2D eigenvalue weighted by Gasteiger charge is 2.12. The van der Waals surface area contributed by atoms with Crippen molar-refractivity contribution in [2.24, 2.45) is 0 Å². The van der Waals surface area contributed by atoms with Crippen LogP contribution in [0.1, 0.15) is 21.9 Å². The van der Waals surface area contributed by atoms with E-state index in [4.69, 9.17) is 16.0 Å². The van der Waals surface area contributed by atoms with Crippen LogP contribution in [-0.2, 0) is 16.1 Å². The first-order valence-corrected chi connectivity index (χ1v) is 8.46. The largest absolute Gasteiger partial charge is 0.463 e. The number of carbonyl (C=O) groups is 2. The van der Waals surface area contributed by atoms with E-state index in [1.165, 1.54) is 54.4 Å². The lowest BCUT2D eigenvalue weighted by molar-refractivity contribution is -0.111. The number of hydrogen-bond donors (Lipinski definition) is 1. The maximum Gasteiger partial charge on any atom is 0.373 e. The molecule has 2 heterocycles. The molecule has 0 fully saturated rings. The van der Waals surface area contributed by atoms with E-state index in [1.54, 1.807) is 12.3 Å². The number of rotatable bonds is 6. The summed E-state index contributed by atoms with van der Waals surface area (Å²) in [6.45, 7) is 0.257. The Morgan fingerprint density at radius 2 is 2.18 bits per heavy atom. The van der Waals surface area contributed by atoms with Crippen LogP contribution in [0.5, 0.6) is 0 Å². The molecule has 0 aliphatic rings. The van der Waals surface area contributed by atoms with Crippen LogP contribution in [0, 0.1) is 5.82 Å². The standard InChI is InChI=1S/C19H15ClFN3O4/c1-27-19(26)17-7-5-13(28-17)11-24-10-12(9-22-24)23-18(25)8-6-14-15(20)3-2-4-16(14)21/h2-10H,11H2,1H3,(H,23,25). The van der Waals surface area contributed by atoms with Crippen molar-refractivity contribution in [2.75, 3.05) is 12.4 Å². The zero-order valence-corrected chi connectivity index (χ0v) is 15.4. The molecule has 7 nitrogen and oxygen atoms in total. The average molecular weight is 404 g/mol.